The van der Waals surface area contributed by atoms with Crippen molar-refractivity contribution in [3.8, 4) is 55.6 Å². The van der Waals surface area contributed by atoms with Gasteiger partial charge in [-0.25, -0.2) is 9.59 Å². The van der Waals surface area contributed by atoms with Crippen LogP contribution in [0.15, 0.2) is 168 Å². The number of fused-ring (bicyclic) bond motifs is 9. The average molecular weight is 1660 g/mol. The molecule has 0 spiro atoms. The van der Waals surface area contributed by atoms with Gasteiger partial charge < -0.3 is 10.2 Å². The van der Waals surface area contributed by atoms with Crippen LogP contribution in [0.2, 0.25) is 0 Å². The summed E-state index contributed by atoms with van der Waals surface area (Å²) in [6, 6.07) is 59.9. The molecule has 664 valence electrons. The van der Waals surface area contributed by atoms with Crippen molar-refractivity contribution in [2.45, 2.75) is 430 Å². The van der Waals surface area contributed by atoms with Crippen LogP contribution in [-0.4, -0.2) is 22.2 Å². The number of carbonyl (C=O) groups is 2. The third-order valence-electron chi connectivity index (χ3n) is 29.2. The molecule has 0 heterocycles. The van der Waals surface area contributed by atoms with Crippen LogP contribution in [0.5, 0.6) is 0 Å². The van der Waals surface area contributed by atoms with Crippen molar-refractivity contribution < 1.29 is 19.8 Å². The number of hydrogen-bond acceptors (Lipinski definition) is 4. The van der Waals surface area contributed by atoms with Gasteiger partial charge in [-0.1, -0.05) is 461 Å². The Morgan fingerprint density at radius 1 is 0.252 bits per heavy atom. The lowest BCUT2D eigenvalue weighted by Gasteiger charge is -2.34. The quantitative estimate of drug-likeness (QED) is 0.0293. The minimum Gasteiger partial charge on any atom is -0.478 e. The molecule has 3 aliphatic rings. The fourth-order valence-electron chi connectivity index (χ4n) is 21.9. The maximum atomic E-state index is 13.2. The first-order valence-electron chi connectivity index (χ1n) is 51.1. The van der Waals surface area contributed by atoms with Crippen LogP contribution in [-0.2, 0) is 21.7 Å². The highest BCUT2D eigenvalue weighted by Crippen LogP contribution is 2.61. The highest BCUT2D eigenvalue weighted by atomic mass is 16.4. The van der Waals surface area contributed by atoms with Gasteiger partial charge in [0.15, 0.2) is 0 Å². The summed E-state index contributed by atoms with van der Waals surface area (Å²) in [6.45, 7) is 18.3. The molecular weight excluding hydrogens is 1500 g/mol. The summed E-state index contributed by atoms with van der Waals surface area (Å²) in [4.78, 5) is 26.4. The molecule has 0 bridgehead atoms. The normalized spacial score (nSPS) is 13.8. The molecular formula is C117H162N2O4. The van der Waals surface area contributed by atoms with E-state index in [-0.39, 0.29) is 16.2 Å². The smallest absolute Gasteiger partial charge is 0.335 e. The molecule has 0 unspecified atom stereocenters. The summed E-state index contributed by atoms with van der Waals surface area (Å²) >= 11 is 0. The molecule has 0 saturated carbocycles. The number of rotatable bonds is 62. The molecule has 8 aromatic rings. The third-order valence-corrected chi connectivity index (χ3v) is 29.2. The van der Waals surface area contributed by atoms with Crippen molar-refractivity contribution in [3.63, 3.8) is 0 Å². The van der Waals surface area contributed by atoms with Gasteiger partial charge in [0, 0.05) is 16.2 Å². The molecule has 3 aliphatic carbocycles. The van der Waals surface area contributed by atoms with Crippen LogP contribution >= 0.6 is 0 Å². The third kappa shape index (κ3) is 25.8. The lowest BCUT2D eigenvalue weighted by molar-refractivity contribution is 0.0686. The Morgan fingerprint density at radius 2 is 0.472 bits per heavy atom. The van der Waals surface area contributed by atoms with E-state index in [0.29, 0.717) is 11.1 Å². The Kier molecular flexibility index (Phi) is 39.0. The van der Waals surface area contributed by atoms with Crippen LogP contribution in [0.25, 0.3) is 55.6 Å². The van der Waals surface area contributed by atoms with E-state index in [4.69, 9.17) is 10.2 Å². The second kappa shape index (κ2) is 50.0. The number of aromatic carboxylic acids is 2. The summed E-state index contributed by atoms with van der Waals surface area (Å²) in [5, 5.41) is 31.5. The predicted molar refractivity (Wildman–Crippen MR) is 527 cm³/mol. The van der Waals surface area contributed by atoms with E-state index in [0.717, 1.165) is 82.0 Å². The van der Waals surface area contributed by atoms with Crippen LogP contribution in [0.3, 0.4) is 0 Å². The van der Waals surface area contributed by atoms with Gasteiger partial charge in [0.2, 0.25) is 0 Å². The Labute approximate surface area is 747 Å². The van der Waals surface area contributed by atoms with E-state index in [9.17, 15) is 19.8 Å². The highest BCUT2D eigenvalue weighted by molar-refractivity contribution is 5.94. The number of nitrogens with zero attached hydrogens (tertiary/aromatic N) is 2. The maximum Gasteiger partial charge on any atom is 0.335 e. The summed E-state index contributed by atoms with van der Waals surface area (Å²) in [5.41, 5.74) is 24.3. The van der Waals surface area contributed by atoms with E-state index in [1.807, 2.05) is 12.1 Å². The lowest BCUT2D eigenvalue weighted by atomic mass is 9.68. The Balaban J connectivity index is 1.02. The van der Waals surface area contributed by atoms with E-state index in [1.54, 1.807) is 0 Å². The van der Waals surface area contributed by atoms with E-state index in [2.05, 4.69) is 201 Å². The van der Waals surface area contributed by atoms with Gasteiger partial charge in [0.1, 0.15) is 0 Å². The van der Waals surface area contributed by atoms with Crippen molar-refractivity contribution in [1.82, 2.24) is 0 Å². The zero-order chi connectivity index (χ0) is 86.5. The minimum atomic E-state index is -0.850. The fraction of sp³-hybridized carbons (Fsp3) is 0.573. The molecule has 6 heteroatoms. The first-order chi connectivity index (χ1) is 60.1. The summed E-state index contributed by atoms with van der Waals surface area (Å²) < 4.78 is 0. The standard InChI is InChI=1S/C117H162N2O4/c1-9-14-19-24-29-34-39-44-49-54-79-115(80-55-50-45-40-35-30-25-20-15-10-2)106-84-90(59-73-100(106)102-77-63-94(112(120)121)88-108(102)115)92-61-75-104-105-76-62-93(87-111(105)117(110(104)86-92,83-58-53-48-43-38-33-28-23-18-13-5)97-67-71-99(72-68-97)119-118-98-69-65-96(66-70-98)114(6,7)8)91-60-74-101-103-78-64-95(113(122)123)89-109(103)116(107(101)85-91,81-56-51-46-41-36-31-26-21-16-11-3)82-57-52-47-42-37-32-27-22-17-12-4/h59-78,84-89H,9-58,79-83H2,1-8H3,(H,120,121)(H,122,123). The zero-order valence-corrected chi connectivity index (χ0v) is 78.5. The average Bonchev–Trinajstić information content (AvgIpc) is 1.55. The van der Waals surface area contributed by atoms with Crippen LogP contribution < -0.4 is 0 Å². The Hall–Kier alpha value is -7.70. The Morgan fingerprint density at radius 3 is 0.732 bits per heavy atom. The number of azo groups is 1. The summed E-state index contributed by atoms with van der Waals surface area (Å²) in [5.74, 6) is -1.70. The first kappa shape index (κ1) is 95.9. The van der Waals surface area contributed by atoms with Crippen LogP contribution in [0.1, 0.15) is 474 Å². The van der Waals surface area contributed by atoms with Gasteiger partial charge in [-0.15, -0.1) is 0 Å². The second-order valence-corrected chi connectivity index (χ2v) is 39.4. The molecule has 0 aromatic heterocycles. The lowest BCUT2D eigenvalue weighted by Crippen LogP contribution is -2.27. The van der Waals surface area contributed by atoms with Gasteiger partial charge in [-0.3, -0.25) is 0 Å². The molecule has 0 amide bonds. The molecule has 8 aromatic carbocycles. The molecule has 11 rings (SSSR count). The van der Waals surface area contributed by atoms with Gasteiger partial charge in [0.05, 0.1) is 22.5 Å². The molecule has 0 aliphatic heterocycles. The number of carboxylic acid groups (broad SMARTS) is 2. The topological polar surface area (TPSA) is 99.3 Å². The number of benzene rings is 8. The largest absolute Gasteiger partial charge is 0.478 e. The van der Waals surface area contributed by atoms with E-state index < -0.39 is 17.4 Å². The first-order valence-corrected chi connectivity index (χ1v) is 51.1. The highest BCUT2D eigenvalue weighted by Gasteiger charge is 2.48. The molecule has 0 atom stereocenters. The van der Waals surface area contributed by atoms with Crippen LogP contribution in [0.4, 0.5) is 11.4 Å². The predicted octanol–water partition coefficient (Wildman–Crippen LogP) is 37.5. The van der Waals surface area contributed by atoms with Gasteiger partial charge in [-0.05, 0) is 210 Å². The number of carboxylic acids is 2. The molecule has 6 nitrogen and oxygen atoms in total. The molecule has 0 saturated heterocycles. The molecule has 0 fully saturated rings. The monoisotopic (exact) mass is 1660 g/mol. The Bertz CT molecular complexity index is 4280. The van der Waals surface area contributed by atoms with Crippen LogP contribution in [0, 0.1) is 0 Å². The molecule has 2 N–H and O–H groups in total. The minimum absolute atomic E-state index is 0.0362. The number of hydrogen-bond donors (Lipinski definition) is 2. The van der Waals surface area contributed by atoms with E-state index in [1.165, 1.54) is 383 Å². The van der Waals surface area contributed by atoms with Crippen molar-refractivity contribution in [2.24, 2.45) is 10.2 Å². The maximum absolute atomic E-state index is 13.2. The van der Waals surface area contributed by atoms with E-state index >= 15 is 0 Å². The SMILES string of the molecule is CCCCCCCCCCCCC1(CCCCCCCCCCCC)c2cc(C(=O)O)ccc2-c2ccc(-c3ccc4c(c3)C(CCCCCCCCCCCC)(c3ccc(N=Nc5ccc(C(C)(C)C)cc5)cc3)c3cc(-c5ccc6c(c5)C(CCCCCCCCCCCC)(CCCCCCCCCCCC)c5cc(C(=O)O)ccc5-6)ccc3-4)cc21. The second-order valence-electron chi connectivity index (χ2n) is 39.4. The van der Waals surface area contributed by atoms with Gasteiger partial charge >= 0.3 is 11.9 Å². The molecule has 123 heavy (non-hydrogen) atoms. The summed E-state index contributed by atoms with van der Waals surface area (Å²) in [7, 11) is 0. The molecule has 0 radical (unpaired) electrons. The fourth-order valence-corrected chi connectivity index (χ4v) is 21.9. The zero-order valence-electron chi connectivity index (χ0n) is 78.5. The number of unbranched alkanes of at least 4 members (excludes halogenated alkanes) is 45. The van der Waals surface area contributed by atoms with Crippen molar-refractivity contribution >= 4 is 23.3 Å². The van der Waals surface area contributed by atoms with Crippen molar-refractivity contribution in [3.05, 3.63) is 213 Å². The van der Waals surface area contributed by atoms with Crippen molar-refractivity contribution in [2.75, 3.05) is 0 Å². The van der Waals surface area contributed by atoms with Crippen molar-refractivity contribution in [1.29, 1.82) is 0 Å². The summed E-state index contributed by atoms with van der Waals surface area (Å²) in [6.07, 6.45) is 68.8. The van der Waals surface area contributed by atoms with Gasteiger partial charge in [0.25, 0.3) is 0 Å². The van der Waals surface area contributed by atoms with Gasteiger partial charge in [-0.2, -0.15) is 10.2 Å².